The fourth-order valence-corrected chi connectivity index (χ4v) is 2.72. The van der Waals surface area contributed by atoms with Gasteiger partial charge < -0.3 is 15.7 Å². The number of sulfone groups is 1. The third-order valence-electron chi connectivity index (χ3n) is 2.95. The van der Waals surface area contributed by atoms with Gasteiger partial charge in [0.1, 0.15) is 0 Å². The number of rotatable bonds is 8. The summed E-state index contributed by atoms with van der Waals surface area (Å²) in [5, 5.41) is 11.4. The monoisotopic (exact) mass is 314 g/mol. The van der Waals surface area contributed by atoms with E-state index in [0.29, 0.717) is 18.1 Å². The summed E-state index contributed by atoms with van der Waals surface area (Å²) in [7, 11) is -3.38. The molecule has 0 amide bonds. The first-order valence-corrected chi connectivity index (χ1v) is 8.40. The molecular formula is C14H22N2O4S. The van der Waals surface area contributed by atoms with Crippen molar-refractivity contribution in [1.29, 1.82) is 0 Å². The molecule has 0 atom stereocenters. The lowest BCUT2D eigenvalue weighted by Gasteiger charge is -2.08. The van der Waals surface area contributed by atoms with Crippen molar-refractivity contribution in [3.63, 3.8) is 0 Å². The Morgan fingerprint density at radius 2 is 1.90 bits per heavy atom. The van der Waals surface area contributed by atoms with Crippen LogP contribution in [0.15, 0.2) is 34.3 Å². The standard InChI is InChI=1S/C14H22N2O4S/c1-11(2)7-8-20-9-10-21(18,19)13-5-3-12(4-6-13)14(15)16-17/h3-6,11,17H,7-10H2,1-2H3,(H2,15,16). The fraction of sp³-hybridized carbons (Fsp3) is 0.500. The van der Waals surface area contributed by atoms with Crippen LogP contribution in [0.25, 0.3) is 0 Å². The van der Waals surface area contributed by atoms with Crippen LogP contribution >= 0.6 is 0 Å². The number of oxime groups is 1. The maximum atomic E-state index is 12.1. The smallest absolute Gasteiger partial charge is 0.180 e. The largest absolute Gasteiger partial charge is 0.409 e. The second kappa shape index (κ2) is 7.99. The van der Waals surface area contributed by atoms with E-state index in [9.17, 15) is 8.42 Å². The van der Waals surface area contributed by atoms with E-state index < -0.39 is 9.84 Å². The van der Waals surface area contributed by atoms with Crippen molar-refractivity contribution in [3.8, 4) is 0 Å². The van der Waals surface area contributed by atoms with E-state index in [4.69, 9.17) is 15.7 Å². The quantitative estimate of drug-likeness (QED) is 0.249. The molecule has 1 aromatic rings. The molecule has 0 unspecified atom stereocenters. The molecule has 0 fully saturated rings. The maximum absolute atomic E-state index is 12.1. The van der Waals surface area contributed by atoms with Crippen molar-refractivity contribution >= 4 is 15.7 Å². The van der Waals surface area contributed by atoms with Crippen LogP contribution in [0.5, 0.6) is 0 Å². The first kappa shape index (κ1) is 17.5. The van der Waals surface area contributed by atoms with Gasteiger partial charge in [-0.3, -0.25) is 0 Å². The molecular weight excluding hydrogens is 292 g/mol. The van der Waals surface area contributed by atoms with E-state index in [-0.39, 0.29) is 23.1 Å². The highest BCUT2D eigenvalue weighted by Gasteiger charge is 2.14. The summed E-state index contributed by atoms with van der Waals surface area (Å²) in [6, 6.07) is 5.89. The number of hydrogen-bond acceptors (Lipinski definition) is 5. The zero-order valence-electron chi connectivity index (χ0n) is 12.3. The summed E-state index contributed by atoms with van der Waals surface area (Å²) in [4.78, 5) is 0.199. The lowest BCUT2D eigenvalue weighted by atomic mass is 10.1. The number of nitrogens with zero attached hydrogens (tertiary/aromatic N) is 1. The van der Waals surface area contributed by atoms with Gasteiger partial charge in [-0.25, -0.2) is 8.42 Å². The molecule has 7 heteroatoms. The van der Waals surface area contributed by atoms with E-state index in [1.165, 1.54) is 24.3 Å². The van der Waals surface area contributed by atoms with Gasteiger partial charge in [0.05, 0.1) is 17.3 Å². The van der Waals surface area contributed by atoms with Crippen molar-refractivity contribution in [1.82, 2.24) is 0 Å². The number of ether oxygens (including phenoxy) is 1. The number of benzene rings is 1. The van der Waals surface area contributed by atoms with Gasteiger partial charge in [-0.05, 0) is 36.6 Å². The van der Waals surface area contributed by atoms with Gasteiger partial charge in [0.15, 0.2) is 15.7 Å². The molecule has 1 aromatic carbocycles. The molecule has 0 saturated heterocycles. The topological polar surface area (TPSA) is 102 Å². The summed E-state index contributed by atoms with van der Waals surface area (Å²) in [6.45, 7) is 4.92. The normalized spacial score (nSPS) is 12.8. The lowest BCUT2D eigenvalue weighted by molar-refractivity contribution is 0.137. The molecule has 0 aliphatic heterocycles. The van der Waals surface area contributed by atoms with Crippen LogP contribution < -0.4 is 5.73 Å². The molecule has 0 aliphatic carbocycles. The van der Waals surface area contributed by atoms with Crippen LogP contribution in [0.3, 0.4) is 0 Å². The minimum absolute atomic E-state index is 0.0593. The van der Waals surface area contributed by atoms with Gasteiger partial charge in [-0.2, -0.15) is 0 Å². The molecule has 0 heterocycles. The Balaban J connectivity index is 2.58. The number of nitrogens with two attached hydrogens (primary N) is 1. The first-order chi connectivity index (χ1) is 9.86. The predicted octanol–water partition coefficient (Wildman–Crippen LogP) is 1.62. The molecule has 0 radical (unpaired) electrons. The SMILES string of the molecule is CC(C)CCOCCS(=O)(=O)c1ccc(/C(N)=N/O)cc1. The third kappa shape index (κ3) is 5.73. The average molecular weight is 314 g/mol. The molecule has 118 valence electrons. The van der Waals surface area contributed by atoms with Crippen molar-refractivity contribution in [2.24, 2.45) is 16.8 Å². The van der Waals surface area contributed by atoms with Crippen molar-refractivity contribution in [2.45, 2.75) is 25.2 Å². The first-order valence-electron chi connectivity index (χ1n) is 6.75. The molecule has 0 bridgehead atoms. The zero-order valence-corrected chi connectivity index (χ0v) is 13.1. The van der Waals surface area contributed by atoms with Crippen LogP contribution in [0.1, 0.15) is 25.8 Å². The molecule has 0 saturated carbocycles. The van der Waals surface area contributed by atoms with E-state index in [0.717, 1.165) is 6.42 Å². The zero-order chi connectivity index (χ0) is 15.9. The molecule has 0 spiro atoms. The van der Waals surface area contributed by atoms with E-state index in [1.54, 1.807) is 0 Å². The Kier molecular flexibility index (Phi) is 6.64. The fourth-order valence-electron chi connectivity index (χ4n) is 1.60. The van der Waals surface area contributed by atoms with Crippen molar-refractivity contribution in [2.75, 3.05) is 19.0 Å². The number of hydrogen-bond donors (Lipinski definition) is 2. The highest BCUT2D eigenvalue weighted by molar-refractivity contribution is 7.91. The predicted molar refractivity (Wildman–Crippen MR) is 81.3 cm³/mol. The van der Waals surface area contributed by atoms with Crippen LogP contribution in [-0.4, -0.2) is 38.4 Å². The van der Waals surface area contributed by atoms with Crippen LogP contribution in [0.2, 0.25) is 0 Å². The van der Waals surface area contributed by atoms with Gasteiger partial charge in [0.25, 0.3) is 0 Å². The Bertz CT molecular complexity index is 565. The molecule has 6 nitrogen and oxygen atoms in total. The second-order valence-electron chi connectivity index (χ2n) is 5.12. The minimum Gasteiger partial charge on any atom is -0.409 e. The third-order valence-corrected chi connectivity index (χ3v) is 4.65. The summed E-state index contributed by atoms with van der Waals surface area (Å²) < 4.78 is 29.5. The molecule has 0 aliphatic rings. The average Bonchev–Trinajstić information content (AvgIpc) is 2.45. The molecule has 3 N–H and O–H groups in total. The molecule has 0 aromatic heterocycles. The molecule has 1 rings (SSSR count). The van der Waals surface area contributed by atoms with Crippen molar-refractivity contribution < 1.29 is 18.4 Å². The lowest BCUT2D eigenvalue weighted by Crippen LogP contribution is -2.15. The van der Waals surface area contributed by atoms with Gasteiger partial charge in [-0.1, -0.05) is 19.0 Å². The number of amidine groups is 1. The highest BCUT2D eigenvalue weighted by Crippen LogP contribution is 2.12. The van der Waals surface area contributed by atoms with Gasteiger partial charge in [0.2, 0.25) is 0 Å². The van der Waals surface area contributed by atoms with Gasteiger partial charge in [-0.15, -0.1) is 0 Å². The Labute approximate surface area is 125 Å². The Morgan fingerprint density at radius 3 is 2.43 bits per heavy atom. The molecule has 21 heavy (non-hydrogen) atoms. The Hall–Kier alpha value is -1.60. The summed E-state index contributed by atoms with van der Waals surface area (Å²) in [5.41, 5.74) is 5.88. The van der Waals surface area contributed by atoms with Crippen LogP contribution in [-0.2, 0) is 14.6 Å². The highest BCUT2D eigenvalue weighted by atomic mass is 32.2. The summed E-state index contributed by atoms with van der Waals surface area (Å²) in [5.74, 6) is 0.414. The van der Waals surface area contributed by atoms with Crippen LogP contribution in [0.4, 0.5) is 0 Å². The minimum atomic E-state index is -3.38. The summed E-state index contributed by atoms with van der Waals surface area (Å²) in [6.07, 6.45) is 0.911. The van der Waals surface area contributed by atoms with E-state index >= 15 is 0 Å². The van der Waals surface area contributed by atoms with Crippen LogP contribution in [0, 0.1) is 5.92 Å². The van der Waals surface area contributed by atoms with Gasteiger partial charge >= 0.3 is 0 Å². The Morgan fingerprint density at radius 1 is 1.29 bits per heavy atom. The van der Waals surface area contributed by atoms with Gasteiger partial charge in [0, 0.05) is 12.2 Å². The van der Waals surface area contributed by atoms with E-state index in [1.807, 2.05) is 0 Å². The maximum Gasteiger partial charge on any atom is 0.180 e. The second-order valence-corrected chi connectivity index (χ2v) is 7.23. The van der Waals surface area contributed by atoms with Crippen molar-refractivity contribution in [3.05, 3.63) is 29.8 Å². The van der Waals surface area contributed by atoms with E-state index in [2.05, 4.69) is 19.0 Å². The summed E-state index contributed by atoms with van der Waals surface area (Å²) >= 11 is 0.